The molecule has 2 heterocycles. The molecule has 0 radical (unpaired) electrons. The second kappa shape index (κ2) is 6.41. The van der Waals surface area contributed by atoms with Gasteiger partial charge in [0.2, 0.25) is 0 Å². The third kappa shape index (κ3) is 3.61. The van der Waals surface area contributed by atoms with Crippen LogP contribution in [0.15, 0.2) is 0 Å². The Hall–Kier alpha value is -0.770. The molecule has 0 atom stereocenters. The molecule has 0 bridgehead atoms. The first-order valence-electron chi connectivity index (χ1n) is 7.27. The zero-order chi connectivity index (χ0) is 13.8. The molecule has 2 rings (SSSR count). The highest BCUT2D eigenvalue weighted by Crippen LogP contribution is 2.40. The van der Waals surface area contributed by atoms with Gasteiger partial charge < -0.3 is 15.5 Å². The van der Waals surface area contributed by atoms with Gasteiger partial charge in [-0.25, -0.2) is 4.79 Å². The van der Waals surface area contributed by atoms with E-state index in [9.17, 15) is 4.79 Å². The second-order valence-electron chi connectivity index (χ2n) is 5.89. The van der Waals surface area contributed by atoms with Gasteiger partial charge in [-0.15, -0.1) is 0 Å². The molecule has 2 amide bonds. The number of piperidine rings is 1. The molecule has 18 heavy (non-hydrogen) atoms. The number of nitrogens with two attached hydrogens (primary N) is 1. The Morgan fingerprint density at radius 3 is 2.17 bits per heavy atom. The summed E-state index contributed by atoms with van der Waals surface area (Å²) in [4.78, 5) is 15.3. The average Bonchev–Trinajstić information content (AvgIpc) is 2.29. The largest absolute Gasteiger partial charge is 0.351 e. The van der Waals surface area contributed by atoms with E-state index in [1.807, 2.05) is 13.8 Å². The summed E-state index contributed by atoms with van der Waals surface area (Å²) in [6.07, 6.45) is 2.26. The maximum atomic E-state index is 11.0. The van der Waals surface area contributed by atoms with Crippen LogP contribution in [0.3, 0.4) is 0 Å². The number of carbonyl (C=O) groups excluding carboxylic acids is 1. The van der Waals surface area contributed by atoms with Crippen molar-refractivity contribution in [2.24, 2.45) is 17.1 Å². The molecule has 2 N–H and O–H groups in total. The maximum absolute atomic E-state index is 11.0. The minimum Gasteiger partial charge on any atom is -0.351 e. The Balaban J connectivity index is 0.00000103. The number of primary amides is 1. The molecule has 4 nitrogen and oxygen atoms in total. The summed E-state index contributed by atoms with van der Waals surface area (Å²) < 4.78 is 0. The van der Waals surface area contributed by atoms with E-state index < -0.39 is 0 Å². The molecule has 2 fully saturated rings. The lowest BCUT2D eigenvalue weighted by atomic mass is 9.72. The van der Waals surface area contributed by atoms with Crippen LogP contribution in [0.2, 0.25) is 0 Å². The Morgan fingerprint density at radius 2 is 1.78 bits per heavy atom. The van der Waals surface area contributed by atoms with Crippen molar-refractivity contribution < 1.29 is 6.22 Å². The van der Waals surface area contributed by atoms with Gasteiger partial charge in [-0.05, 0) is 24.2 Å². The second-order valence-corrected chi connectivity index (χ2v) is 5.89. The number of carbonyl (C=O) groups is 1. The number of hydrogen-bond donors (Lipinski definition) is 1. The van der Waals surface area contributed by atoms with Gasteiger partial charge in [0.15, 0.2) is 0 Å². The standard InChI is InChI=1S/C12H23N3O.C2H6.H2/c1-10(2)7-14-8-12(9-14)3-5-15(6-4-12)11(13)16;1-2;/h10H,3-9H2,1-2H3,(H2,13,16);1-2H3;1H. The first-order chi connectivity index (χ1) is 8.51. The molecule has 2 aliphatic heterocycles. The smallest absolute Gasteiger partial charge is 0.314 e. The van der Waals surface area contributed by atoms with Crippen LogP contribution in [-0.4, -0.2) is 48.6 Å². The highest BCUT2D eigenvalue weighted by atomic mass is 16.2. The van der Waals surface area contributed by atoms with Gasteiger partial charge >= 0.3 is 6.03 Å². The summed E-state index contributed by atoms with van der Waals surface area (Å²) in [5, 5.41) is 0. The van der Waals surface area contributed by atoms with Crippen molar-refractivity contribution in [1.29, 1.82) is 0 Å². The van der Waals surface area contributed by atoms with Crippen LogP contribution in [0, 0.1) is 11.3 Å². The van der Waals surface area contributed by atoms with Gasteiger partial charge in [0.1, 0.15) is 0 Å². The number of nitrogens with zero attached hydrogens (tertiary/aromatic N) is 2. The molecular formula is C14H31N3O. The molecule has 0 aromatic carbocycles. The van der Waals surface area contributed by atoms with Crippen LogP contribution < -0.4 is 5.73 Å². The summed E-state index contributed by atoms with van der Waals surface area (Å²) >= 11 is 0. The molecule has 2 aliphatic rings. The van der Waals surface area contributed by atoms with Gasteiger partial charge in [-0.1, -0.05) is 27.7 Å². The normalized spacial score (nSPS) is 22.4. The molecule has 0 aromatic heterocycles. The van der Waals surface area contributed by atoms with Crippen molar-refractivity contribution >= 4 is 6.03 Å². The third-order valence-electron chi connectivity index (χ3n) is 3.88. The minimum atomic E-state index is -0.256. The van der Waals surface area contributed by atoms with E-state index in [0.29, 0.717) is 5.41 Å². The lowest BCUT2D eigenvalue weighted by molar-refractivity contribution is -0.0440. The van der Waals surface area contributed by atoms with Crippen molar-refractivity contribution in [3.8, 4) is 0 Å². The predicted molar refractivity (Wildman–Crippen MR) is 77.6 cm³/mol. The molecule has 4 heteroatoms. The fraction of sp³-hybridized carbons (Fsp3) is 0.929. The highest BCUT2D eigenvalue weighted by molar-refractivity contribution is 5.72. The quantitative estimate of drug-likeness (QED) is 0.826. The number of hydrogen-bond acceptors (Lipinski definition) is 2. The van der Waals surface area contributed by atoms with E-state index in [-0.39, 0.29) is 7.46 Å². The highest BCUT2D eigenvalue weighted by Gasteiger charge is 2.44. The van der Waals surface area contributed by atoms with E-state index in [0.717, 1.165) is 31.8 Å². The van der Waals surface area contributed by atoms with Crippen molar-refractivity contribution in [2.75, 3.05) is 32.7 Å². The summed E-state index contributed by atoms with van der Waals surface area (Å²) in [7, 11) is 0. The Kier molecular flexibility index (Phi) is 5.45. The molecule has 0 aliphatic carbocycles. The van der Waals surface area contributed by atoms with Crippen LogP contribution in [0.25, 0.3) is 0 Å². The average molecular weight is 257 g/mol. The minimum absolute atomic E-state index is 0. The summed E-state index contributed by atoms with van der Waals surface area (Å²) in [6.45, 7) is 13.9. The lowest BCUT2D eigenvalue weighted by Gasteiger charge is -2.54. The van der Waals surface area contributed by atoms with Crippen LogP contribution in [-0.2, 0) is 0 Å². The van der Waals surface area contributed by atoms with E-state index in [2.05, 4.69) is 18.7 Å². The first kappa shape index (κ1) is 15.3. The predicted octanol–water partition coefficient (Wildman–Crippen LogP) is 2.39. The Bertz CT molecular complexity index is 268. The molecule has 0 aromatic rings. The first-order valence-corrected chi connectivity index (χ1v) is 7.27. The fourth-order valence-corrected chi connectivity index (χ4v) is 3.07. The molecule has 0 unspecified atom stereocenters. The monoisotopic (exact) mass is 257 g/mol. The number of urea groups is 1. The van der Waals surface area contributed by atoms with Gasteiger partial charge in [0, 0.05) is 34.2 Å². The van der Waals surface area contributed by atoms with Crippen molar-refractivity contribution in [1.82, 2.24) is 9.80 Å². The van der Waals surface area contributed by atoms with Crippen molar-refractivity contribution in [3.63, 3.8) is 0 Å². The van der Waals surface area contributed by atoms with E-state index in [1.54, 1.807) is 4.90 Å². The zero-order valence-corrected chi connectivity index (χ0v) is 12.4. The number of likely N-dealkylation sites (tertiary alicyclic amines) is 2. The van der Waals surface area contributed by atoms with E-state index in [1.165, 1.54) is 19.6 Å². The van der Waals surface area contributed by atoms with E-state index in [4.69, 9.17) is 5.73 Å². The molecule has 0 saturated carbocycles. The van der Waals surface area contributed by atoms with Gasteiger partial charge in [-0.3, -0.25) is 0 Å². The van der Waals surface area contributed by atoms with Gasteiger partial charge in [-0.2, -0.15) is 0 Å². The molecular weight excluding hydrogens is 226 g/mol. The maximum Gasteiger partial charge on any atom is 0.314 e. The van der Waals surface area contributed by atoms with E-state index >= 15 is 0 Å². The number of rotatable bonds is 2. The van der Waals surface area contributed by atoms with Crippen molar-refractivity contribution in [2.45, 2.75) is 40.5 Å². The number of amides is 2. The molecule has 2 saturated heterocycles. The topological polar surface area (TPSA) is 49.6 Å². The van der Waals surface area contributed by atoms with Crippen LogP contribution in [0.4, 0.5) is 4.79 Å². The summed E-state index contributed by atoms with van der Waals surface area (Å²) in [5.74, 6) is 0.753. The van der Waals surface area contributed by atoms with Crippen LogP contribution in [0.1, 0.15) is 42.0 Å². The SMILES string of the molecule is CC.CC(C)CN1CC2(CCN(C(N)=O)CC2)C1.[HH]. The summed E-state index contributed by atoms with van der Waals surface area (Å²) in [5.41, 5.74) is 5.79. The molecule has 1 spiro atoms. The zero-order valence-electron chi connectivity index (χ0n) is 12.4. The van der Waals surface area contributed by atoms with Gasteiger partial charge in [0.25, 0.3) is 0 Å². The van der Waals surface area contributed by atoms with Crippen molar-refractivity contribution in [3.05, 3.63) is 0 Å². The van der Waals surface area contributed by atoms with Crippen LogP contribution in [0.5, 0.6) is 0 Å². The fourth-order valence-electron chi connectivity index (χ4n) is 3.07. The van der Waals surface area contributed by atoms with Crippen LogP contribution >= 0.6 is 0 Å². The lowest BCUT2D eigenvalue weighted by Crippen LogP contribution is -2.61. The Morgan fingerprint density at radius 1 is 1.28 bits per heavy atom. The Labute approximate surface area is 113 Å². The summed E-state index contributed by atoms with van der Waals surface area (Å²) in [6, 6.07) is -0.256. The van der Waals surface area contributed by atoms with Gasteiger partial charge in [0.05, 0.1) is 0 Å². The third-order valence-corrected chi connectivity index (χ3v) is 3.88. The molecule has 108 valence electrons.